The average molecular weight is 406 g/mol. The van der Waals surface area contributed by atoms with Gasteiger partial charge in [-0.1, -0.05) is 91.8 Å². The fourth-order valence-corrected chi connectivity index (χ4v) is 3.08. The lowest BCUT2D eigenvalue weighted by Crippen LogP contribution is -2.18. The Kier molecular flexibility index (Phi) is 10.2. The second-order valence-electron chi connectivity index (χ2n) is 7.44. The van der Waals surface area contributed by atoms with Gasteiger partial charge in [-0.25, -0.2) is 9.97 Å². The number of hydrogen-bond donors (Lipinski definition) is 0. The van der Waals surface area contributed by atoms with E-state index in [0.717, 1.165) is 39.8 Å². The number of fused-ring (bicyclic) bond motifs is 5. The summed E-state index contributed by atoms with van der Waals surface area (Å²) >= 11 is 0. The third-order valence-corrected chi connectivity index (χ3v) is 4.29. The second-order valence-corrected chi connectivity index (χ2v) is 7.44. The van der Waals surface area contributed by atoms with Gasteiger partial charge in [-0.2, -0.15) is 0 Å². The molecule has 0 fully saturated rings. The summed E-state index contributed by atoms with van der Waals surface area (Å²) in [6.45, 7) is 18.7. The minimum Gasteiger partial charge on any atom is -0.279 e. The summed E-state index contributed by atoms with van der Waals surface area (Å²) in [4.78, 5) is 9.76. The summed E-state index contributed by atoms with van der Waals surface area (Å²) < 4.78 is 2.21. The van der Waals surface area contributed by atoms with E-state index in [9.17, 15) is 0 Å². The number of benzene rings is 2. The summed E-state index contributed by atoms with van der Waals surface area (Å²) in [5, 5.41) is 1.10. The zero-order chi connectivity index (χ0) is 22.7. The Morgan fingerprint density at radius 1 is 0.833 bits per heavy atom. The molecule has 0 amide bonds. The molecule has 0 atom stereocenters. The van der Waals surface area contributed by atoms with Crippen molar-refractivity contribution in [3.8, 4) is 0 Å². The highest BCUT2D eigenvalue weighted by Gasteiger charge is 2.22. The highest BCUT2D eigenvalue weighted by Crippen LogP contribution is 2.29. The smallest absolute Gasteiger partial charge is 0.148 e. The fraction of sp³-hybridized carbons (Fsp3) is 0.407. The Morgan fingerprint density at radius 2 is 1.40 bits per heavy atom. The quantitative estimate of drug-likeness (QED) is 0.298. The Labute approximate surface area is 182 Å². The van der Waals surface area contributed by atoms with Crippen LogP contribution in [0, 0.1) is 0 Å². The summed E-state index contributed by atoms with van der Waals surface area (Å²) in [6, 6.07) is 16.5. The molecular formula is C27H39N3. The normalized spacial score (nSPS) is 10.8. The van der Waals surface area contributed by atoms with Crippen LogP contribution in [0.4, 0.5) is 0 Å². The molecule has 2 aromatic heterocycles. The fourth-order valence-electron chi connectivity index (χ4n) is 3.08. The van der Waals surface area contributed by atoms with Gasteiger partial charge >= 0.3 is 0 Å². The Bertz CT molecular complexity index is 1070. The van der Waals surface area contributed by atoms with E-state index >= 15 is 0 Å². The first kappa shape index (κ1) is 25.4. The van der Waals surface area contributed by atoms with Gasteiger partial charge in [-0.3, -0.25) is 4.40 Å². The summed E-state index contributed by atoms with van der Waals surface area (Å²) in [5.41, 5.74) is 4.08. The average Bonchev–Trinajstić information content (AvgIpc) is 3.16. The number of hydrogen-bond acceptors (Lipinski definition) is 2. The molecule has 2 aromatic carbocycles. The van der Waals surface area contributed by atoms with Gasteiger partial charge in [0, 0.05) is 10.8 Å². The molecule has 162 valence electrons. The second kappa shape index (κ2) is 12.1. The number of imidazole rings is 1. The molecule has 0 saturated heterocycles. The molecular weight excluding hydrogens is 366 g/mol. The van der Waals surface area contributed by atoms with E-state index in [4.69, 9.17) is 9.97 Å². The Balaban J connectivity index is 0.000000435. The van der Waals surface area contributed by atoms with E-state index in [1.165, 1.54) is 0 Å². The number of para-hydroxylation sites is 3. The van der Waals surface area contributed by atoms with Gasteiger partial charge in [0.15, 0.2) is 0 Å². The maximum atomic E-state index is 4.92. The molecule has 4 rings (SSSR count). The van der Waals surface area contributed by atoms with Crippen LogP contribution in [0.1, 0.15) is 74.6 Å². The van der Waals surface area contributed by atoms with Crippen LogP contribution in [0.15, 0.2) is 60.7 Å². The third-order valence-electron chi connectivity index (χ3n) is 4.29. The van der Waals surface area contributed by atoms with Crippen molar-refractivity contribution in [1.29, 1.82) is 0 Å². The van der Waals surface area contributed by atoms with Crippen molar-refractivity contribution in [2.24, 2.45) is 0 Å². The number of nitrogens with zero attached hydrogens (tertiary/aromatic N) is 3. The summed E-state index contributed by atoms with van der Waals surface area (Å²) in [6.07, 6.45) is 5.34. The molecule has 0 aliphatic heterocycles. The van der Waals surface area contributed by atoms with Crippen molar-refractivity contribution >= 4 is 27.6 Å². The van der Waals surface area contributed by atoms with Crippen LogP contribution in [0.25, 0.3) is 27.6 Å². The largest absolute Gasteiger partial charge is 0.279 e. The zero-order valence-corrected chi connectivity index (χ0v) is 20.3. The Hall–Kier alpha value is -2.68. The maximum absolute atomic E-state index is 4.92. The number of rotatable bonds is 1. The molecule has 0 saturated carbocycles. The van der Waals surface area contributed by atoms with Crippen molar-refractivity contribution in [3.63, 3.8) is 0 Å². The van der Waals surface area contributed by atoms with Crippen molar-refractivity contribution in [3.05, 3.63) is 66.5 Å². The van der Waals surface area contributed by atoms with Gasteiger partial charge in [0.2, 0.25) is 0 Å². The molecule has 0 spiro atoms. The first-order chi connectivity index (χ1) is 14.5. The molecule has 2 heterocycles. The van der Waals surface area contributed by atoms with Crippen LogP contribution in [-0.2, 0) is 5.41 Å². The van der Waals surface area contributed by atoms with Gasteiger partial charge in [0.1, 0.15) is 11.5 Å². The van der Waals surface area contributed by atoms with E-state index in [0.29, 0.717) is 0 Å². The number of allylic oxidation sites excluding steroid dienone is 2. The van der Waals surface area contributed by atoms with E-state index in [-0.39, 0.29) is 5.41 Å². The maximum Gasteiger partial charge on any atom is 0.148 e. The molecule has 3 heteroatoms. The monoisotopic (exact) mass is 405 g/mol. The first-order valence-corrected chi connectivity index (χ1v) is 11.2. The summed E-state index contributed by atoms with van der Waals surface area (Å²) in [5.74, 6) is 1.05. The van der Waals surface area contributed by atoms with Crippen molar-refractivity contribution in [2.75, 3.05) is 0 Å². The van der Waals surface area contributed by atoms with Gasteiger partial charge in [-0.15, -0.1) is 0 Å². The summed E-state index contributed by atoms with van der Waals surface area (Å²) in [7, 11) is 0. The predicted molar refractivity (Wildman–Crippen MR) is 134 cm³/mol. The molecule has 3 nitrogen and oxygen atoms in total. The van der Waals surface area contributed by atoms with Crippen LogP contribution in [-0.4, -0.2) is 14.4 Å². The zero-order valence-electron chi connectivity index (χ0n) is 20.3. The molecule has 0 unspecified atom stereocenters. The molecule has 0 bridgehead atoms. The molecule has 30 heavy (non-hydrogen) atoms. The predicted octanol–water partition coefficient (Wildman–Crippen LogP) is 8.36. The minimum absolute atomic E-state index is 0.0498. The van der Waals surface area contributed by atoms with Crippen LogP contribution in [0.3, 0.4) is 0 Å². The van der Waals surface area contributed by atoms with Crippen LogP contribution in [0.5, 0.6) is 0 Å². The third kappa shape index (κ3) is 5.69. The lowest BCUT2D eigenvalue weighted by atomic mass is 9.95. The highest BCUT2D eigenvalue weighted by atomic mass is 15.1. The standard InChI is InChI=1S/C18H17N3.C5H10.2C2H6/c1-18(2,3)17-20-13-9-5-4-8-12(13)16-19-14-10-6-7-11-15(14)21(16)17;1-3-5-4-2;2*1-2/h4-11H,1-3H3;3,5H,4H2,1-2H3;2*1-2H3. The molecule has 0 N–H and O–H groups in total. The molecule has 4 aromatic rings. The highest BCUT2D eigenvalue weighted by molar-refractivity contribution is 5.96. The van der Waals surface area contributed by atoms with Crippen molar-refractivity contribution in [1.82, 2.24) is 14.4 Å². The molecule has 0 radical (unpaired) electrons. The van der Waals surface area contributed by atoms with Gasteiger partial charge in [0.05, 0.1) is 16.6 Å². The van der Waals surface area contributed by atoms with E-state index in [2.05, 4.69) is 74.6 Å². The lowest BCUT2D eigenvalue weighted by molar-refractivity contribution is 0.542. The topological polar surface area (TPSA) is 30.2 Å². The van der Waals surface area contributed by atoms with Crippen molar-refractivity contribution in [2.45, 2.75) is 74.1 Å². The molecule has 0 aliphatic carbocycles. The van der Waals surface area contributed by atoms with Crippen LogP contribution < -0.4 is 0 Å². The van der Waals surface area contributed by atoms with Crippen molar-refractivity contribution < 1.29 is 0 Å². The molecule has 0 aliphatic rings. The van der Waals surface area contributed by atoms with Crippen LogP contribution >= 0.6 is 0 Å². The van der Waals surface area contributed by atoms with Gasteiger partial charge in [-0.05, 0) is 37.6 Å². The minimum atomic E-state index is -0.0498. The Morgan fingerprint density at radius 3 is 1.93 bits per heavy atom. The van der Waals surface area contributed by atoms with Gasteiger partial charge in [0.25, 0.3) is 0 Å². The number of aromatic nitrogens is 3. The van der Waals surface area contributed by atoms with Crippen LogP contribution in [0.2, 0.25) is 0 Å². The van der Waals surface area contributed by atoms with E-state index in [1.54, 1.807) is 0 Å². The van der Waals surface area contributed by atoms with E-state index in [1.807, 2.05) is 52.8 Å². The lowest BCUT2D eigenvalue weighted by Gasteiger charge is -2.20. The van der Waals surface area contributed by atoms with E-state index < -0.39 is 0 Å². The SMILES string of the molecule is CC.CC.CC(C)(C)c1nc2ccccc2c2nc3ccccc3n12.CC=CCC. The van der Waals surface area contributed by atoms with Gasteiger partial charge < -0.3 is 0 Å². The first-order valence-electron chi connectivity index (χ1n) is 11.2.